The molecule has 0 aromatic heterocycles. The lowest BCUT2D eigenvalue weighted by Crippen LogP contribution is -2.44. The van der Waals surface area contributed by atoms with Crippen molar-refractivity contribution in [2.45, 2.75) is 52.5 Å². The van der Waals surface area contributed by atoms with Gasteiger partial charge < -0.3 is 10.4 Å². The van der Waals surface area contributed by atoms with Gasteiger partial charge in [-0.2, -0.15) is 0 Å². The van der Waals surface area contributed by atoms with Crippen LogP contribution in [0, 0.1) is 5.92 Å². The van der Waals surface area contributed by atoms with Gasteiger partial charge in [-0.1, -0.05) is 33.6 Å². The van der Waals surface area contributed by atoms with Gasteiger partial charge in [-0.15, -0.1) is 0 Å². The molecule has 0 aromatic rings. The predicted octanol–water partition coefficient (Wildman–Crippen LogP) is 1.79. The molecule has 1 amide bonds. The van der Waals surface area contributed by atoms with Crippen molar-refractivity contribution in [1.29, 1.82) is 0 Å². The van der Waals surface area contributed by atoms with Crippen LogP contribution in [0.4, 0.5) is 0 Å². The Morgan fingerprint density at radius 1 is 1.33 bits per heavy atom. The zero-order valence-corrected chi connectivity index (χ0v) is 9.75. The van der Waals surface area contributed by atoms with E-state index in [1.807, 2.05) is 20.8 Å². The van der Waals surface area contributed by atoms with E-state index in [1.165, 1.54) is 0 Å². The summed E-state index contributed by atoms with van der Waals surface area (Å²) < 4.78 is 0. The number of amides is 1. The SMILES string of the molecule is CCCCC(=O)N[C@H](C(=O)O)C(C)CC. The van der Waals surface area contributed by atoms with E-state index in [0.717, 1.165) is 19.3 Å². The maximum Gasteiger partial charge on any atom is 0.326 e. The van der Waals surface area contributed by atoms with Crippen molar-refractivity contribution in [1.82, 2.24) is 5.32 Å². The van der Waals surface area contributed by atoms with Crippen LogP contribution in [-0.4, -0.2) is 23.0 Å². The van der Waals surface area contributed by atoms with Crippen molar-refractivity contribution >= 4 is 11.9 Å². The van der Waals surface area contributed by atoms with Gasteiger partial charge in [0.15, 0.2) is 0 Å². The Balaban J connectivity index is 4.16. The Morgan fingerprint density at radius 2 is 1.93 bits per heavy atom. The molecule has 0 aromatic carbocycles. The Bertz CT molecular complexity index is 216. The Kier molecular flexibility index (Phi) is 6.75. The Labute approximate surface area is 91.1 Å². The fraction of sp³-hybridized carbons (Fsp3) is 0.818. The normalized spacial score (nSPS) is 14.3. The summed E-state index contributed by atoms with van der Waals surface area (Å²) >= 11 is 0. The molecule has 0 aliphatic heterocycles. The first-order valence-electron chi connectivity index (χ1n) is 5.55. The molecule has 0 heterocycles. The summed E-state index contributed by atoms with van der Waals surface area (Å²) in [7, 11) is 0. The molecule has 0 saturated heterocycles. The molecule has 15 heavy (non-hydrogen) atoms. The smallest absolute Gasteiger partial charge is 0.326 e. The van der Waals surface area contributed by atoms with Gasteiger partial charge >= 0.3 is 5.97 Å². The fourth-order valence-electron chi connectivity index (χ4n) is 1.27. The second kappa shape index (κ2) is 7.26. The van der Waals surface area contributed by atoms with Crippen LogP contribution in [0.1, 0.15) is 46.5 Å². The number of hydrogen-bond acceptors (Lipinski definition) is 2. The quantitative estimate of drug-likeness (QED) is 0.680. The summed E-state index contributed by atoms with van der Waals surface area (Å²) in [6.07, 6.45) is 2.90. The van der Waals surface area contributed by atoms with Gasteiger partial charge in [-0.05, 0) is 12.3 Å². The van der Waals surface area contributed by atoms with Gasteiger partial charge in [0, 0.05) is 6.42 Å². The average molecular weight is 215 g/mol. The van der Waals surface area contributed by atoms with Gasteiger partial charge in [-0.25, -0.2) is 4.79 Å². The second-order valence-electron chi connectivity index (χ2n) is 3.87. The minimum atomic E-state index is -0.950. The summed E-state index contributed by atoms with van der Waals surface area (Å²) in [4.78, 5) is 22.3. The van der Waals surface area contributed by atoms with Crippen LogP contribution in [0.5, 0.6) is 0 Å². The van der Waals surface area contributed by atoms with Crippen LogP contribution in [0.15, 0.2) is 0 Å². The molecule has 0 rings (SSSR count). The molecule has 0 spiro atoms. The molecule has 2 N–H and O–H groups in total. The Hall–Kier alpha value is -1.06. The molecule has 88 valence electrons. The highest BCUT2D eigenvalue weighted by Gasteiger charge is 2.24. The first-order valence-corrected chi connectivity index (χ1v) is 5.55. The van der Waals surface area contributed by atoms with Gasteiger partial charge in [0.05, 0.1) is 0 Å². The third-order valence-electron chi connectivity index (χ3n) is 2.55. The molecule has 0 aliphatic rings. The fourth-order valence-corrected chi connectivity index (χ4v) is 1.27. The van der Waals surface area contributed by atoms with Crippen LogP contribution in [0.3, 0.4) is 0 Å². The number of hydrogen-bond donors (Lipinski definition) is 2. The van der Waals surface area contributed by atoms with Gasteiger partial charge in [0.25, 0.3) is 0 Å². The minimum Gasteiger partial charge on any atom is -0.480 e. The molecule has 2 atom stereocenters. The van der Waals surface area contributed by atoms with Crippen molar-refractivity contribution in [2.24, 2.45) is 5.92 Å². The van der Waals surface area contributed by atoms with E-state index < -0.39 is 12.0 Å². The summed E-state index contributed by atoms with van der Waals surface area (Å²) in [5, 5.41) is 11.5. The summed E-state index contributed by atoms with van der Waals surface area (Å²) in [6.45, 7) is 5.74. The second-order valence-corrected chi connectivity index (χ2v) is 3.87. The molecular formula is C11H21NO3. The number of unbranched alkanes of at least 4 members (excludes halogenated alkanes) is 1. The maximum atomic E-state index is 11.4. The average Bonchev–Trinajstić information content (AvgIpc) is 2.21. The first kappa shape index (κ1) is 13.9. The van der Waals surface area contributed by atoms with E-state index in [9.17, 15) is 9.59 Å². The Morgan fingerprint density at radius 3 is 2.33 bits per heavy atom. The zero-order valence-electron chi connectivity index (χ0n) is 9.75. The third kappa shape index (κ3) is 5.40. The van der Waals surface area contributed by atoms with E-state index in [2.05, 4.69) is 5.32 Å². The zero-order chi connectivity index (χ0) is 11.8. The largest absolute Gasteiger partial charge is 0.480 e. The van der Waals surface area contributed by atoms with Gasteiger partial charge in [0.2, 0.25) is 5.91 Å². The molecule has 0 bridgehead atoms. The van der Waals surface area contributed by atoms with Gasteiger partial charge in [-0.3, -0.25) is 4.79 Å². The van der Waals surface area contributed by atoms with Gasteiger partial charge in [0.1, 0.15) is 6.04 Å². The molecule has 1 unspecified atom stereocenters. The molecule has 0 fully saturated rings. The number of carbonyl (C=O) groups excluding carboxylic acids is 1. The van der Waals surface area contributed by atoms with Crippen molar-refractivity contribution in [3.63, 3.8) is 0 Å². The number of aliphatic carboxylic acids is 1. The molecule has 0 radical (unpaired) electrons. The van der Waals surface area contributed by atoms with Crippen molar-refractivity contribution in [3.05, 3.63) is 0 Å². The van der Waals surface area contributed by atoms with Crippen LogP contribution in [0.25, 0.3) is 0 Å². The highest BCUT2D eigenvalue weighted by atomic mass is 16.4. The number of carboxylic acid groups (broad SMARTS) is 1. The van der Waals surface area contributed by atoms with E-state index in [4.69, 9.17) is 5.11 Å². The number of carbonyl (C=O) groups is 2. The summed E-state index contributed by atoms with van der Waals surface area (Å²) in [5.74, 6) is -1.15. The van der Waals surface area contributed by atoms with Crippen LogP contribution in [0.2, 0.25) is 0 Å². The molecule has 4 heteroatoms. The standard InChI is InChI=1S/C11H21NO3/c1-4-6-7-9(13)12-10(11(14)15)8(3)5-2/h8,10H,4-7H2,1-3H3,(H,12,13)(H,14,15)/t8?,10-/m0/s1. The topological polar surface area (TPSA) is 66.4 Å². The van der Waals surface area contributed by atoms with Crippen LogP contribution in [-0.2, 0) is 9.59 Å². The van der Waals surface area contributed by atoms with E-state index in [-0.39, 0.29) is 11.8 Å². The minimum absolute atomic E-state index is 0.0342. The van der Waals surface area contributed by atoms with E-state index in [0.29, 0.717) is 6.42 Å². The van der Waals surface area contributed by atoms with Crippen molar-refractivity contribution in [3.8, 4) is 0 Å². The molecular weight excluding hydrogens is 194 g/mol. The predicted molar refractivity (Wildman–Crippen MR) is 58.5 cm³/mol. The first-order chi connectivity index (χ1) is 7.02. The number of rotatable bonds is 7. The molecule has 0 saturated carbocycles. The third-order valence-corrected chi connectivity index (χ3v) is 2.55. The lowest BCUT2D eigenvalue weighted by atomic mass is 9.99. The molecule has 0 aliphatic carbocycles. The van der Waals surface area contributed by atoms with Crippen LogP contribution < -0.4 is 5.32 Å². The van der Waals surface area contributed by atoms with E-state index in [1.54, 1.807) is 0 Å². The van der Waals surface area contributed by atoms with Crippen molar-refractivity contribution < 1.29 is 14.7 Å². The number of carboxylic acids is 1. The highest BCUT2D eigenvalue weighted by Crippen LogP contribution is 2.08. The highest BCUT2D eigenvalue weighted by molar-refractivity contribution is 5.83. The lowest BCUT2D eigenvalue weighted by Gasteiger charge is -2.19. The summed E-state index contributed by atoms with van der Waals surface area (Å²) in [5.41, 5.74) is 0. The maximum absolute atomic E-state index is 11.4. The van der Waals surface area contributed by atoms with Crippen molar-refractivity contribution in [2.75, 3.05) is 0 Å². The van der Waals surface area contributed by atoms with E-state index >= 15 is 0 Å². The molecule has 4 nitrogen and oxygen atoms in total. The monoisotopic (exact) mass is 215 g/mol. The number of nitrogens with one attached hydrogen (secondary N) is 1. The van der Waals surface area contributed by atoms with Crippen LogP contribution >= 0.6 is 0 Å². The lowest BCUT2D eigenvalue weighted by molar-refractivity contribution is -0.143. The summed E-state index contributed by atoms with van der Waals surface area (Å²) in [6, 6.07) is -0.751.